The van der Waals surface area contributed by atoms with E-state index in [2.05, 4.69) is 39.7 Å². The lowest BCUT2D eigenvalue weighted by atomic mass is 10.1. The van der Waals surface area contributed by atoms with Crippen LogP contribution in [0.3, 0.4) is 0 Å². The molecule has 1 aliphatic rings. The van der Waals surface area contributed by atoms with Crippen molar-refractivity contribution in [2.45, 2.75) is 19.4 Å². The summed E-state index contributed by atoms with van der Waals surface area (Å²) in [5, 5.41) is 8.89. The Morgan fingerprint density at radius 1 is 1.47 bits per heavy atom. The second-order valence-corrected chi connectivity index (χ2v) is 5.65. The van der Waals surface area contributed by atoms with E-state index in [1.165, 1.54) is 0 Å². The summed E-state index contributed by atoms with van der Waals surface area (Å²) in [5.74, 6) is -0.335. The van der Waals surface area contributed by atoms with Crippen LogP contribution in [0.25, 0.3) is 0 Å². The molecular formula is C14H17BrFN3. The molecule has 1 atom stereocenters. The molecule has 0 aromatic heterocycles. The third-order valence-corrected chi connectivity index (χ3v) is 4.55. The molecular weight excluding hydrogens is 309 g/mol. The summed E-state index contributed by atoms with van der Waals surface area (Å²) in [6.45, 7) is 4.70. The summed E-state index contributed by atoms with van der Waals surface area (Å²) in [7, 11) is 2.11. The highest BCUT2D eigenvalue weighted by atomic mass is 79.9. The summed E-state index contributed by atoms with van der Waals surface area (Å²) in [5.41, 5.74) is 0.917. The van der Waals surface area contributed by atoms with Gasteiger partial charge in [0.05, 0.1) is 15.7 Å². The highest BCUT2D eigenvalue weighted by Gasteiger charge is 2.25. The number of rotatable bonds is 2. The van der Waals surface area contributed by atoms with Crippen LogP contribution >= 0.6 is 15.9 Å². The number of halogens is 2. The molecule has 0 N–H and O–H groups in total. The van der Waals surface area contributed by atoms with E-state index in [0.29, 0.717) is 17.3 Å². The van der Waals surface area contributed by atoms with Gasteiger partial charge >= 0.3 is 0 Å². The van der Waals surface area contributed by atoms with Gasteiger partial charge in [-0.15, -0.1) is 0 Å². The van der Waals surface area contributed by atoms with E-state index in [1.807, 2.05) is 6.07 Å². The summed E-state index contributed by atoms with van der Waals surface area (Å²) < 4.78 is 14.6. The van der Waals surface area contributed by atoms with Gasteiger partial charge in [-0.05, 0) is 41.5 Å². The lowest BCUT2D eigenvalue weighted by Crippen LogP contribution is -2.51. The van der Waals surface area contributed by atoms with E-state index in [9.17, 15) is 4.39 Å². The fourth-order valence-electron chi connectivity index (χ4n) is 2.48. The molecule has 0 radical (unpaired) electrons. The van der Waals surface area contributed by atoms with Gasteiger partial charge in [-0.2, -0.15) is 5.26 Å². The fourth-order valence-corrected chi connectivity index (χ4v) is 2.90. The minimum Gasteiger partial charge on any atom is -0.366 e. The van der Waals surface area contributed by atoms with Gasteiger partial charge in [0.15, 0.2) is 5.82 Å². The predicted octanol–water partition coefficient (Wildman–Crippen LogP) is 2.99. The van der Waals surface area contributed by atoms with Gasteiger partial charge in [0.25, 0.3) is 0 Å². The molecule has 1 saturated heterocycles. The Morgan fingerprint density at radius 3 is 2.84 bits per heavy atom. The van der Waals surface area contributed by atoms with Gasteiger partial charge in [0.1, 0.15) is 6.07 Å². The van der Waals surface area contributed by atoms with Crippen LogP contribution in [0, 0.1) is 17.1 Å². The molecule has 1 aromatic rings. The standard InChI is InChI=1S/C14H17BrFN3/c1-3-11-9-19(7-6-18(11)2)12-5-4-10(8-17)13(15)14(12)16/h4-5,11H,3,6-7,9H2,1-2H3. The van der Waals surface area contributed by atoms with Gasteiger partial charge in [-0.3, -0.25) is 4.90 Å². The van der Waals surface area contributed by atoms with Crippen LogP contribution in [-0.2, 0) is 0 Å². The highest BCUT2D eigenvalue weighted by Crippen LogP contribution is 2.30. The molecule has 0 aliphatic carbocycles. The molecule has 0 bridgehead atoms. The predicted molar refractivity (Wildman–Crippen MR) is 77.7 cm³/mol. The van der Waals surface area contributed by atoms with Crippen molar-refractivity contribution in [3.05, 3.63) is 28.0 Å². The van der Waals surface area contributed by atoms with Crippen LogP contribution in [0.1, 0.15) is 18.9 Å². The van der Waals surface area contributed by atoms with E-state index < -0.39 is 0 Å². The molecule has 0 saturated carbocycles. The first-order valence-electron chi connectivity index (χ1n) is 6.41. The SMILES string of the molecule is CCC1CN(c2ccc(C#N)c(Br)c2F)CCN1C. The third kappa shape index (κ3) is 2.75. The molecule has 0 amide bonds. The minimum absolute atomic E-state index is 0.263. The van der Waals surface area contributed by atoms with Gasteiger partial charge in [0.2, 0.25) is 0 Å². The summed E-state index contributed by atoms with van der Waals surface area (Å²) in [4.78, 5) is 4.38. The lowest BCUT2D eigenvalue weighted by molar-refractivity contribution is 0.213. The number of piperazine rings is 1. The van der Waals surface area contributed by atoms with Crippen LogP contribution in [0.15, 0.2) is 16.6 Å². The first-order chi connectivity index (χ1) is 9.08. The van der Waals surface area contributed by atoms with E-state index in [4.69, 9.17) is 5.26 Å². The van der Waals surface area contributed by atoms with Crippen molar-refractivity contribution < 1.29 is 4.39 Å². The maximum atomic E-state index is 14.3. The van der Waals surface area contributed by atoms with Gasteiger partial charge in [0, 0.05) is 25.7 Å². The number of nitriles is 1. The Morgan fingerprint density at radius 2 is 2.21 bits per heavy atom. The average molecular weight is 326 g/mol. The van der Waals surface area contributed by atoms with E-state index in [1.54, 1.807) is 12.1 Å². The summed E-state index contributed by atoms with van der Waals surface area (Å²) >= 11 is 3.17. The second-order valence-electron chi connectivity index (χ2n) is 4.86. The van der Waals surface area contributed by atoms with Crippen LogP contribution < -0.4 is 4.90 Å². The first kappa shape index (κ1) is 14.3. The van der Waals surface area contributed by atoms with Crippen molar-refractivity contribution in [3.8, 4) is 6.07 Å². The maximum Gasteiger partial charge on any atom is 0.161 e. The largest absolute Gasteiger partial charge is 0.366 e. The van der Waals surface area contributed by atoms with Crippen molar-refractivity contribution in [2.75, 3.05) is 31.6 Å². The number of anilines is 1. The smallest absolute Gasteiger partial charge is 0.161 e. The molecule has 1 fully saturated rings. The number of nitrogens with zero attached hydrogens (tertiary/aromatic N) is 3. The van der Waals surface area contributed by atoms with E-state index >= 15 is 0 Å². The molecule has 1 aliphatic heterocycles. The molecule has 102 valence electrons. The van der Waals surface area contributed by atoms with Crippen molar-refractivity contribution >= 4 is 21.6 Å². The van der Waals surface area contributed by atoms with Gasteiger partial charge in [-0.25, -0.2) is 4.39 Å². The highest BCUT2D eigenvalue weighted by molar-refractivity contribution is 9.10. The number of likely N-dealkylation sites (N-methyl/N-ethyl adjacent to an activating group) is 1. The molecule has 5 heteroatoms. The Bertz CT molecular complexity index is 512. The van der Waals surface area contributed by atoms with Crippen LogP contribution in [0.2, 0.25) is 0 Å². The lowest BCUT2D eigenvalue weighted by Gasteiger charge is -2.40. The normalized spacial score (nSPS) is 20.4. The van der Waals surface area contributed by atoms with Crippen LogP contribution in [0.5, 0.6) is 0 Å². The van der Waals surface area contributed by atoms with Crippen LogP contribution in [0.4, 0.5) is 10.1 Å². The number of hydrogen-bond acceptors (Lipinski definition) is 3. The zero-order chi connectivity index (χ0) is 14.0. The van der Waals surface area contributed by atoms with Gasteiger partial charge in [-0.1, -0.05) is 6.92 Å². The fraction of sp³-hybridized carbons (Fsp3) is 0.500. The number of hydrogen-bond donors (Lipinski definition) is 0. The summed E-state index contributed by atoms with van der Waals surface area (Å²) in [6.07, 6.45) is 1.05. The summed E-state index contributed by atoms with van der Waals surface area (Å²) in [6, 6.07) is 5.80. The Labute approximate surface area is 121 Å². The van der Waals surface area contributed by atoms with Crippen molar-refractivity contribution in [3.63, 3.8) is 0 Å². The van der Waals surface area contributed by atoms with Crippen molar-refractivity contribution in [1.29, 1.82) is 5.26 Å². The zero-order valence-electron chi connectivity index (χ0n) is 11.2. The molecule has 1 heterocycles. The quantitative estimate of drug-likeness (QED) is 0.837. The minimum atomic E-state index is -0.335. The Kier molecular flexibility index (Phi) is 4.43. The van der Waals surface area contributed by atoms with E-state index in [0.717, 1.165) is 26.1 Å². The van der Waals surface area contributed by atoms with Crippen molar-refractivity contribution in [1.82, 2.24) is 4.90 Å². The second kappa shape index (κ2) is 5.89. The first-order valence-corrected chi connectivity index (χ1v) is 7.21. The molecule has 0 spiro atoms. The Hall–Kier alpha value is -1.12. The zero-order valence-corrected chi connectivity index (χ0v) is 12.7. The maximum absolute atomic E-state index is 14.3. The monoisotopic (exact) mass is 325 g/mol. The van der Waals surface area contributed by atoms with E-state index in [-0.39, 0.29) is 10.3 Å². The van der Waals surface area contributed by atoms with Gasteiger partial charge < -0.3 is 4.90 Å². The number of benzene rings is 1. The molecule has 1 aromatic carbocycles. The molecule has 19 heavy (non-hydrogen) atoms. The Balaban J connectivity index is 2.28. The molecule has 2 rings (SSSR count). The topological polar surface area (TPSA) is 30.3 Å². The third-order valence-electron chi connectivity index (χ3n) is 3.77. The average Bonchev–Trinajstić information content (AvgIpc) is 2.43. The molecule has 1 unspecified atom stereocenters. The molecule has 3 nitrogen and oxygen atoms in total. The van der Waals surface area contributed by atoms with Crippen LogP contribution in [-0.4, -0.2) is 37.6 Å². The van der Waals surface area contributed by atoms with Crippen molar-refractivity contribution in [2.24, 2.45) is 0 Å².